The first-order valence-electron chi connectivity index (χ1n) is 12.0. The minimum absolute atomic E-state index is 0.739. The second-order valence-corrected chi connectivity index (χ2v) is 9.37. The third kappa shape index (κ3) is 9.82. The lowest BCUT2D eigenvalue weighted by Gasteiger charge is -2.29. The molecule has 0 heterocycles. The number of hydrogen-bond acceptors (Lipinski definition) is 0. The molecule has 1 rings (SSSR count). The molecule has 0 nitrogen and oxygen atoms in total. The molecule has 4 atom stereocenters. The number of unbranched alkanes of at least 4 members (excludes halogenated alkanes) is 3. The molecule has 0 saturated heterocycles. The highest BCUT2D eigenvalue weighted by Gasteiger charge is 2.34. The van der Waals surface area contributed by atoms with Crippen molar-refractivity contribution in [1.29, 1.82) is 0 Å². The predicted octanol–water partition coefficient (Wildman–Crippen LogP) is 9.28. The van der Waals surface area contributed by atoms with Gasteiger partial charge in [-0.15, -0.1) is 6.58 Å². The van der Waals surface area contributed by atoms with Crippen molar-refractivity contribution < 1.29 is 0 Å². The van der Waals surface area contributed by atoms with Crippen LogP contribution in [0.25, 0.3) is 0 Å². The van der Waals surface area contributed by atoms with Crippen molar-refractivity contribution in [3.63, 3.8) is 0 Å². The summed E-state index contributed by atoms with van der Waals surface area (Å²) in [5.74, 6) is 3.43. The van der Waals surface area contributed by atoms with Gasteiger partial charge < -0.3 is 0 Å². The Balaban J connectivity index is 2.44. The van der Waals surface area contributed by atoms with Crippen LogP contribution in [0.15, 0.2) is 36.5 Å². The molecule has 156 valence electrons. The second kappa shape index (κ2) is 14.3. The van der Waals surface area contributed by atoms with E-state index in [4.69, 9.17) is 0 Å². The van der Waals surface area contributed by atoms with Crippen molar-refractivity contribution in [1.82, 2.24) is 0 Å². The van der Waals surface area contributed by atoms with Crippen molar-refractivity contribution >= 4 is 0 Å². The van der Waals surface area contributed by atoms with Crippen LogP contribution in [0.3, 0.4) is 0 Å². The summed E-state index contributed by atoms with van der Waals surface area (Å²) in [6, 6.07) is 0. The standard InChI is InChI=1S/C27H48/c1-7-9-12-16-23(5)18-20-25(8-2)27-21-19-24(6)26(27)17-14-11-10-13-15-22(3)4/h11,14,23,25-27H,3,6-10,12-13,15-21H2,1-2,4-5H3/b14-11-. The zero-order valence-corrected chi connectivity index (χ0v) is 19.1. The number of rotatable bonds is 15. The quantitative estimate of drug-likeness (QED) is 0.198. The average molecular weight is 373 g/mol. The second-order valence-electron chi connectivity index (χ2n) is 9.37. The summed E-state index contributed by atoms with van der Waals surface area (Å²) in [6.45, 7) is 17.8. The van der Waals surface area contributed by atoms with Gasteiger partial charge >= 0.3 is 0 Å². The van der Waals surface area contributed by atoms with Crippen LogP contribution in [0.5, 0.6) is 0 Å². The summed E-state index contributed by atoms with van der Waals surface area (Å²) in [4.78, 5) is 0. The zero-order valence-electron chi connectivity index (χ0n) is 19.1. The Labute approximate surface area is 171 Å². The van der Waals surface area contributed by atoms with E-state index in [1.54, 1.807) is 0 Å². The third-order valence-electron chi connectivity index (χ3n) is 6.83. The van der Waals surface area contributed by atoms with Gasteiger partial charge in [0.05, 0.1) is 0 Å². The Bertz CT molecular complexity index is 441. The molecule has 1 saturated carbocycles. The molecule has 4 unspecified atom stereocenters. The summed E-state index contributed by atoms with van der Waals surface area (Å²) in [5, 5.41) is 0. The van der Waals surface area contributed by atoms with Crippen LogP contribution in [-0.4, -0.2) is 0 Å². The van der Waals surface area contributed by atoms with E-state index < -0.39 is 0 Å². The van der Waals surface area contributed by atoms with Gasteiger partial charge in [-0.05, 0) is 75.5 Å². The molecule has 1 aliphatic rings. The van der Waals surface area contributed by atoms with Crippen molar-refractivity contribution in [3.05, 3.63) is 36.5 Å². The van der Waals surface area contributed by atoms with E-state index in [0.29, 0.717) is 0 Å². The van der Waals surface area contributed by atoms with E-state index in [2.05, 4.69) is 53.0 Å². The summed E-state index contributed by atoms with van der Waals surface area (Å²) in [5.41, 5.74) is 2.84. The Morgan fingerprint density at radius 1 is 1.11 bits per heavy atom. The fourth-order valence-corrected chi connectivity index (χ4v) is 4.94. The molecule has 27 heavy (non-hydrogen) atoms. The third-order valence-corrected chi connectivity index (χ3v) is 6.83. The lowest BCUT2D eigenvalue weighted by Crippen LogP contribution is -2.19. The molecule has 0 aliphatic heterocycles. The maximum absolute atomic E-state index is 4.44. The van der Waals surface area contributed by atoms with Crippen LogP contribution in [0.4, 0.5) is 0 Å². The minimum atomic E-state index is 0.739. The van der Waals surface area contributed by atoms with Gasteiger partial charge in [0.25, 0.3) is 0 Å². The summed E-state index contributed by atoms with van der Waals surface area (Å²) in [7, 11) is 0. The molecule has 0 spiro atoms. The van der Waals surface area contributed by atoms with E-state index in [9.17, 15) is 0 Å². The van der Waals surface area contributed by atoms with Crippen LogP contribution in [0.1, 0.15) is 111 Å². The van der Waals surface area contributed by atoms with E-state index in [0.717, 1.165) is 30.1 Å². The van der Waals surface area contributed by atoms with Gasteiger partial charge in [0, 0.05) is 0 Å². The van der Waals surface area contributed by atoms with E-state index >= 15 is 0 Å². The normalized spacial score (nSPS) is 22.4. The van der Waals surface area contributed by atoms with Crippen LogP contribution < -0.4 is 0 Å². The van der Waals surface area contributed by atoms with Gasteiger partial charge in [0.2, 0.25) is 0 Å². The first-order valence-corrected chi connectivity index (χ1v) is 12.0. The van der Waals surface area contributed by atoms with Crippen LogP contribution in [0, 0.1) is 23.7 Å². The number of allylic oxidation sites excluding steroid dienone is 4. The van der Waals surface area contributed by atoms with Crippen LogP contribution >= 0.6 is 0 Å². The first-order chi connectivity index (χ1) is 13.0. The Kier molecular flexibility index (Phi) is 12.8. The van der Waals surface area contributed by atoms with Crippen LogP contribution in [0.2, 0.25) is 0 Å². The first kappa shape index (κ1) is 24.3. The predicted molar refractivity (Wildman–Crippen MR) is 124 cm³/mol. The molecule has 1 fully saturated rings. The van der Waals surface area contributed by atoms with Gasteiger partial charge in [-0.3, -0.25) is 0 Å². The highest BCUT2D eigenvalue weighted by molar-refractivity contribution is 5.12. The molecular weight excluding hydrogens is 324 g/mol. The van der Waals surface area contributed by atoms with E-state index in [-0.39, 0.29) is 0 Å². The van der Waals surface area contributed by atoms with Crippen molar-refractivity contribution in [2.75, 3.05) is 0 Å². The maximum atomic E-state index is 4.44. The highest BCUT2D eigenvalue weighted by atomic mass is 14.4. The van der Waals surface area contributed by atoms with Crippen LogP contribution in [-0.2, 0) is 0 Å². The smallest absolute Gasteiger partial charge is 0.0140 e. The minimum Gasteiger partial charge on any atom is -0.100 e. The van der Waals surface area contributed by atoms with Crippen molar-refractivity contribution in [2.24, 2.45) is 23.7 Å². The van der Waals surface area contributed by atoms with Gasteiger partial charge in [0.15, 0.2) is 0 Å². The van der Waals surface area contributed by atoms with E-state index in [1.165, 1.54) is 88.2 Å². The molecule has 0 aromatic carbocycles. The lowest BCUT2D eigenvalue weighted by molar-refractivity contribution is 0.237. The average Bonchev–Trinajstić information content (AvgIpc) is 2.99. The fourth-order valence-electron chi connectivity index (χ4n) is 4.94. The molecular formula is C27H48. The van der Waals surface area contributed by atoms with E-state index in [1.807, 2.05) is 0 Å². The van der Waals surface area contributed by atoms with Crippen molar-refractivity contribution in [2.45, 2.75) is 111 Å². The van der Waals surface area contributed by atoms with Crippen molar-refractivity contribution in [3.8, 4) is 0 Å². The Morgan fingerprint density at radius 2 is 1.89 bits per heavy atom. The lowest BCUT2D eigenvalue weighted by atomic mass is 9.76. The van der Waals surface area contributed by atoms with Gasteiger partial charge in [-0.25, -0.2) is 0 Å². The SMILES string of the molecule is C=C(C)CCC/C=C\CC1C(=C)CCC1C(CC)CCC(C)CCCCC. The Hall–Kier alpha value is -0.780. The molecule has 0 N–H and O–H groups in total. The highest BCUT2D eigenvalue weighted by Crippen LogP contribution is 2.45. The Morgan fingerprint density at radius 3 is 2.56 bits per heavy atom. The maximum Gasteiger partial charge on any atom is -0.0140 e. The largest absolute Gasteiger partial charge is 0.100 e. The topological polar surface area (TPSA) is 0 Å². The monoisotopic (exact) mass is 372 g/mol. The molecule has 0 aromatic rings. The summed E-state index contributed by atoms with van der Waals surface area (Å²) in [6.07, 6.45) is 22.1. The van der Waals surface area contributed by atoms with Gasteiger partial charge in [0.1, 0.15) is 0 Å². The molecule has 0 heteroatoms. The number of hydrogen-bond donors (Lipinski definition) is 0. The fraction of sp³-hybridized carbons (Fsp3) is 0.778. The summed E-state index contributed by atoms with van der Waals surface area (Å²) < 4.78 is 0. The zero-order chi connectivity index (χ0) is 20.1. The molecule has 1 aliphatic carbocycles. The molecule has 0 bridgehead atoms. The molecule has 0 radical (unpaired) electrons. The van der Waals surface area contributed by atoms with Gasteiger partial charge in [-0.1, -0.05) is 89.2 Å². The molecule has 0 aromatic heterocycles. The molecule has 0 amide bonds. The van der Waals surface area contributed by atoms with Gasteiger partial charge in [-0.2, -0.15) is 0 Å². The summed E-state index contributed by atoms with van der Waals surface area (Å²) >= 11 is 0.